The Morgan fingerprint density at radius 2 is 1.93 bits per heavy atom. The molecule has 2 aromatic rings. The Bertz CT molecular complexity index is 873. The number of methoxy groups -OCH3 is 1. The van der Waals surface area contributed by atoms with Gasteiger partial charge in [-0.2, -0.15) is 5.10 Å². The highest BCUT2D eigenvalue weighted by Crippen LogP contribution is 2.28. The van der Waals surface area contributed by atoms with Crippen LogP contribution in [0, 0.1) is 0 Å². The van der Waals surface area contributed by atoms with Gasteiger partial charge in [0, 0.05) is 11.9 Å². The SMILES string of the molecule is COc1cc(/C=N\NC(=O)COc2ccc(Cl)cc2Br)ccc1OC(C)=O. The van der Waals surface area contributed by atoms with Crippen molar-refractivity contribution in [3.8, 4) is 17.2 Å². The molecule has 142 valence electrons. The molecule has 7 nitrogen and oxygen atoms in total. The molecule has 2 aromatic carbocycles. The maximum absolute atomic E-state index is 11.8. The topological polar surface area (TPSA) is 86.2 Å². The number of amides is 1. The Balaban J connectivity index is 1.90. The van der Waals surface area contributed by atoms with Crippen molar-refractivity contribution in [2.24, 2.45) is 5.10 Å². The number of nitrogens with one attached hydrogen (secondary N) is 1. The summed E-state index contributed by atoms with van der Waals surface area (Å²) in [4.78, 5) is 22.9. The van der Waals surface area contributed by atoms with Crippen molar-refractivity contribution in [3.05, 3.63) is 51.5 Å². The number of hydrogen-bond acceptors (Lipinski definition) is 6. The lowest BCUT2D eigenvalue weighted by molar-refractivity contribution is -0.132. The lowest BCUT2D eigenvalue weighted by atomic mass is 10.2. The van der Waals surface area contributed by atoms with E-state index in [1.165, 1.54) is 20.2 Å². The van der Waals surface area contributed by atoms with Crippen molar-refractivity contribution in [3.63, 3.8) is 0 Å². The van der Waals surface area contributed by atoms with Gasteiger partial charge in [0.25, 0.3) is 5.91 Å². The van der Waals surface area contributed by atoms with Crippen molar-refractivity contribution in [1.29, 1.82) is 0 Å². The number of halogens is 2. The van der Waals surface area contributed by atoms with Crippen molar-refractivity contribution in [2.75, 3.05) is 13.7 Å². The molecule has 2 rings (SSSR count). The second-order valence-corrected chi connectivity index (χ2v) is 6.45. The standard InChI is InChI=1S/C18H16BrClN2O5/c1-11(23)27-16-5-3-12(7-17(16)25-2)9-21-22-18(24)10-26-15-6-4-13(20)8-14(15)19/h3-9H,10H2,1-2H3,(H,22,24)/b21-9-. The van der Waals surface area contributed by atoms with Crippen LogP contribution in [-0.2, 0) is 9.59 Å². The van der Waals surface area contributed by atoms with E-state index in [0.717, 1.165) is 0 Å². The molecule has 0 saturated heterocycles. The monoisotopic (exact) mass is 454 g/mol. The molecule has 0 radical (unpaired) electrons. The Morgan fingerprint density at radius 1 is 1.19 bits per heavy atom. The average Bonchev–Trinajstić information content (AvgIpc) is 2.61. The summed E-state index contributed by atoms with van der Waals surface area (Å²) in [7, 11) is 1.46. The van der Waals surface area contributed by atoms with Crippen LogP contribution in [0.25, 0.3) is 0 Å². The highest BCUT2D eigenvalue weighted by molar-refractivity contribution is 9.10. The van der Waals surface area contributed by atoms with E-state index in [1.54, 1.807) is 36.4 Å². The highest BCUT2D eigenvalue weighted by Gasteiger charge is 2.08. The van der Waals surface area contributed by atoms with Gasteiger partial charge in [-0.05, 0) is 57.9 Å². The van der Waals surface area contributed by atoms with Crippen LogP contribution in [0.1, 0.15) is 12.5 Å². The smallest absolute Gasteiger partial charge is 0.308 e. The molecule has 0 unspecified atom stereocenters. The number of nitrogens with zero attached hydrogens (tertiary/aromatic N) is 1. The molecule has 0 fully saturated rings. The minimum Gasteiger partial charge on any atom is -0.493 e. The van der Waals surface area contributed by atoms with Crippen molar-refractivity contribution in [1.82, 2.24) is 5.43 Å². The lowest BCUT2D eigenvalue weighted by Gasteiger charge is -2.08. The molecule has 9 heteroatoms. The fourth-order valence-electron chi connectivity index (χ4n) is 1.95. The largest absolute Gasteiger partial charge is 0.493 e. The van der Waals surface area contributed by atoms with Gasteiger partial charge in [0.1, 0.15) is 5.75 Å². The van der Waals surface area contributed by atoms with Gasteiger partial charge in [-0.3, -0.25) is 9.59 Å². The second kappa shape index (κ2) is 9.94. The molecule has 0 spiro atoms. The van der Waals surface area contributed by atoms with Gasteiger partial charge in [-0.15, -0.1) is 0 Å². The summed E-state index contributed by atoms with van der Waals surface area (Å²) in [6.45, 7) is 1.08. The van der Waals surface area contributed by atoms with Gasteiger partial charge in [0.15, 0.2) is 18.1 Å². The van der Waals surface area contributed by atoms with Crippen molar-refractivity contribution >= 4 is 45.6 Å². The third kappa shape index (κ3) is 6.58. The van der Waals surface area contributed by atoms with E-state index >= 15 is 0 Å². The molecule has 0 aliphatic heterocycles. The first-order valence-corrected chi connectivity index (χ1v) is 8.82. The molecule has 0 saturated carbocycles. The number of carbonyl (C=O) groups excluding carboxylic acids is 2. The van der Waals surface area contributed by atoms with Gasteiger partial charge in [0.05, 0.1) is 17.8 Å². The number of rotatable bonds is 7. The van der Waals surface area contributed by atoms with Crippen LogP contribution in [0.2, 0.25) is 5.02 Å². The van der Waals surface area contributed by atoms with Crippen LogP contribution in [0.15, 0.2) is 46.0 Å². The molecule has 0 atom stereocenters. The molecule has 0 aromatic heterocycles. The maximum atomic E-state index is 11.8. The zero-order valence-electron chi connectivity index (χ0n) is 14.5. The number of hydrogen-bond donors (Lipinski definition) is 1. The van der Waals surface area contributed by atoms with Gasteiger partial charge in [0.2, 0.25) is 0 Å². The van der Waals surface area contributed by atoms with E-state index < -0.39 is 11.9 Å². The predicted molar refractivity (Wildman–Crippen MR) is 105 cm³/mol. The van der Waals surface area contributed by atoms with Gasteiger partial charge in [-0.1, -0.05) is 11.6 Å². The zero-order valence-corrected chi connectivity index (χ0v) is 16.8. The number of esters is 1. The molecule has 1 amide bonds. The summed E-state index contributed by atoms with van der Waals surface area (Å²) in [6.07, 6.45) is 1.43. The number of hydrazone groups is 1. The fourth-order valence-corrected chi connectivity index (χ4v) is 2.75. The summed E-state index contributed by atoms with van der Waals surface area (Å²) in [5, 5.41) is 4.41. The first-order chi connectivity index (χ1) is 12.9. The molecule has 1 N–H and O–H groups in total. The number of ether oxygens (including phenoxy) is 3. The van der Waals surface area contributed by atoms with Crippen LogP contribution < -0.4 is 19.6 Å². The summed E-state index contributed by atoms with van der Waals surface area (Å²) in [5.74, 6) is 0.278. The Hall–Kier alpha value is -2.58. The van der Waals surface area contributed by atoms with Crippen LogP contribution in [0.3, 0.4) is 0 Å². The molecule has 27 heavy (non-hydrogen) atoms. The van der Waals surface area contributed by atoms with Gasteiger partial charge < -0.3 is 14.2 Å². The summed E-state index contributed by atoms with van der Waals surface area (Å²) >= 11 is 9.15. The fraction of sp³-hybridized carbons (Fsp3) is 0.167. The van der Waals surface area contributed by atoms with Gasteiger partial charge >= 0.3 is 5.97 Å². The Labute approximate surface area is 169 Å². The summed E-state index contributed by atoms with van der Waals surface area (Å²) in [6, 6.07) is 9.84. The second-order valence-electron chi connectivity index (χ2n) is 5.16. The molecular formula is C18H16BrClN2O5. The zero-order chi connectivity index (χ0) is 19.8. The van der Waals surface area contributed by atoms with Crippen LogP contribution in [-0.4, -0.2) is 31.8 Å². The van der Waals surface area contributed by atoms with Crippen LogP contribution >= 0.6 is 27.5 Å². The molecule has 0 heterocycles. The first-order valence-electron chi connectivity index (χ1n) is 7.65. The van der Waals surface area contributed by atoms with E-state index in [1.807, 2.05) is 0 Å². The Morgan fingerprint density at radius 3 is 2.59 bits per heavy atom. The molecular weight excluding hydrogens is 440 g/mol. The predicted octanol–water partition coefficient (Wildman–Crippen LogP) is 3.57. The van der Waals surface area contributed by atoms with Crippen LogP contribution in [0.4, 0.5) is 0 Å². The molecule has 0 aliphatic carbocycles. The van der Waals surface area contributed by atoms with E-state index in [0.29, 0.717) is 32.3 Å². The third-order valence-electron chi connectivity index (χ3n) is 3.10. The van der Waals surface area contributed by atoms with E-state index in [4.69, 9.17) is 25.8 Å². The van der Waals surface area contributed by atoms with E-state index in [9.17, 15) is 9.59 Å². The van der Waals surface area contributed by atoms with Crippen molar-refractivity contribution < 1.29 is 23.8 Å². The highest BCUT2D eigenvalue weighted by atomic mass is 79.9. The quantitative estimate of drug-likeness (QED) is 0.299. The average molecular weight is 456 g/mol. The van der Waals surface area contributed by atoms with Crippen molar-refractivity contribution in [2.45, 2.75) is 6.92 Å². The minimum atomic E-state index is -0.450. The van der Waals surface area contributed by atoms with E-state index in [-0.39, 0.29) is 6.61 Å². The first kappa shape index (κ1) is 20.7. The van der Waals surface area contributed by atoms with Crippen LogP contribution in [0.5, 0.6) is 17.2 Å². The minimum absolute atomic E-state index is 0.216. The lowest BCUT2D eigenvalue weighted by Crippen LogP contribution is -2.24. The number of benzene rings is 2. The molecule has 0 bridgehead atoms. The maximum Gasteiger partial charge on any atom is 0.308 e. The van der Waals surface area contributed by atoms with E-state index in [2.05, 4.69) is 26.5 Å². The third-order valence-corrected chi connectivity index (χ3v) is 3.95. The van der Waals surface area contributed by atoms with Gasteiger partial charge in [-0.25, -0.2) is 5.43 Å². The normalized spacial score (nSPS) is 10.5. The summed E-state index contributed by atoms with van der Waals surface area (Å²) < 4.78 is 16.2. The number of carbonyl (C=O) groups is 2. The Kier molecular flexibility index (Phi) is 7.63. The molecule has 0 aliphatic rings. The summed E-state index contributed by atoms with van der Waals surface area (Å²) in [5.41, 5.74) is 3.00.